The van der Waals surface area contributed by atoms with E-state index in [4.69, 9.17) is 16.0 Å². The molecule has 0 N–H and O–H groups in total. The van der Waals surface area contributed by atoms with E-state index in [1.54, 1.807) is 12.1 Å². The fourth-order valence-corrected chi connectivity index (χ4v) is 5.03. The lowest BCUT2D eigenvalue weighted by molar-refractivity contribution is 0.476. The molecule has 0 amide bonds. The highest BCUT2D eigenvalue weighted by molar-refractivity contribution is 5.99. The summed E-state index contributed by atoms with van der Waals surface area (Å²) in [6, 6.07) is 37.1. The second kappa shape index (κ2) is 8.44. The van der Waals surface area contributed by atoms with Gasteiger partial charge in [-0.15, -0.1) is 0 Å². The van der Waals surface area contributed by atoms with Gasteiger partial charge in [0.25, 0.3) is 0 Å². The van der Waals surface area contributed by atoms with Crippen molar-refractivity contribution in [2.75, 3.05) is 9.80 Å². The number of ether oxygens (including phenoxy) is 2. The Morgan fingerprint density at radius 3 is 1.29 bits per heavy atom. The molecule has 6 nitrogen and oxygen atoms in total. The smallest absolute Gasteiger partial charge is 0.206 e. The zero-order valence-corrected chi connectivity index (χ0v) is 20.0. The first-order valence-corrected chi connectivity index (χ1v) is 12.0. The largest absolute Gasteiger partial charge is 0.453 e. The summed E-state index contributed by atoms with van der Waals surface area (Å²) in [6.07, 6.45) is 0. The summed E-state index contributed by atoms with van der Waals surface area (Å²) in [5.41, 5.74) is 5.40. The van der Waals surface area contributed by atoms with Crippen LogP contribution in [0, 0.1) is 17.9 Å². The highest BCUT2D eigenvalue weighted by Gasteiger charge is 2.33. The lowest BCUT2D eigenvalue weighted by atomic mass is 10.0. The number of nitriles is 1. The van der Waals surface area contributed by atoms with Gasteiger partial charge in [0.1, 0.15) is 0 Å². The lowest BCUT2D eigenvalue weighted by Gasteiger charge is -2.38. The zero-order chi connectivity index (χ0) is 25.6. The molecule has 0 aromatic heterocycles. The van der Waals surface area contributed by atoms with Gasteiger partial charge in [0.05, 0.1) is 52.3 Å². The van der Waals surface area contributed by atoms with Crippen LogP contribution in [0.4, 0.5) is 39.8 Å². The molecule has 0 unspecified atom stereocenters. The van der Waals surface area contributed by atoms with Crippen molar-refractivity contribution in [1.29, 1.82) is 5.26 Å². The normalized spacial score (nSPS) is 12.5. The van der Waals surface area contributed by atoms with Crippen LogP contribution in [0.1, 0.15) is 5.56 Å². The molecule has 0 aliphatic carbocycles. The Morgan fingerprint density at radius 2 is 0.921 bits per heavy atom. The summed E-state index contributed by atoms with van der Waals surface area (Å²) in [4.78, 5) is 7.90. The van der Waals surface area contributed by atoms with Crippen LogP contribution in [0.25, 0.3) is 4.85 Å². The Hall–Kier alpha value is -5.72. The highest BCUT2D eigenvalue weighted by atomic mass is 16.5. The van der Waals surface area contributed by atoms with Crippen LogP contribution in [0.15, 0.2) is 109 Å². The van der Waals surface area contributed by atoms with Gasteiger partial charge in [-0.05, 0) is 60.7 Å². The number of hydrogen-bond acceptors (Lipinski definition) is 5. The topological polar surface area (TPSA) is 53.1 Å². The molecule has 0 saturated carbocycles. The second-order valence-electron chi connectivity index (χ2n) is 8.83. The molecular weight excluding hydrogens is 472 g/mol. The number of benzene rings is 5. The maximum atomic E-state index is 10.0. The Bertz CT molecular complexity index is 1610. The van der Waals surface area contributed by atoms with Gasteiger partial charge >= 0.3 is 0 Å². The Kier molecular flexibility index (Phi) is 4.79. The summed E-state index contributed by atoms with van der Waals surface area (Å²) in [5.74, 6) is 2.81. The van der Waals surface area contributed by atoms with E-state index in [-0.39, 0.29) is 5.69 Å². The van der Waals surface area contributed by atoms with Crippen molar-refractivity contribution >= 4 is 39.8 Å². The van der Waals surface area contributed by atoms with E-state index in [0.717, 1.165) is 34.1 Å². The third kappa shape index (κ3) is 3.19. The predicted octanol–water partition coefficient (Wildman–Crippen LogP) is 9.26. The summed E-state index contributed by atoms with van der Waals surface area (Å²) >= 11 is 0. The number of para-hydroxylation sites is 8. The van der Waals surface area contributed by atoms with E-state index in [0.29, 0.717) is 28.6 Å². The van der Waals surface area contributed by atoms with Crippen molar-refractivity contribution in [3.8, 4) is 29.1 Å². The number of nitrogens with zero attached hydrogens (tertiary/aromatic N) is 4. The summed E-state index contributed by atoms with van der Waals surface area (Å²) in [7, 11) is 0. The van der Waals surface area contributed by atoms with Crippen molar-refractivity contribution < 1.29 is 9.47 Å². The predicted molar refractivity (Wildman–Crippen MR) is 147 cm³/mol. The van der Waals surface area contributed by atoms with Crippen LogP contribution in [-0.4, -0.2) is 0 Å². The van der Waals surface area contributed by atoms with Crippen molar-refractivity contribution in [3.05, 3.63) is 126 Å². The Morgan fingerprint density at radius 1 is 0.553 bits per heavy atom. The molecule has 6 heteroatoms. The maximum Gasteiger partial charge on any atom is 0.206 e. The van der Waals surface area contributed by atoms with Gasteiger partial charge in [0.2, 0.25) is 5.69 Å². The van der Waals surface area contributed by atoms with E-state index < -0.39 is 0 Å². The molecular formula is C32H18N4O2. The molecule has 0 radical (unpaired) electrons. The molecule has 178 valence electrons. The first-order chi connectivity index (χ1) is 18.8. The Labute approximate surface area is 219 Å². The van der Waals surface area contributed by atoms with Crippen LogP contribution < -0.4 is 19.3 Å². The van der Waals surface area contributed by atoms with Crippen LogP contribution in [-0.2, 0) is 0 Å². The first kappa shape index (κ1) is 21.6. The summed E-state index contributed by atoms with van der Waals surface area (Å²) in [5, 5.41) is 10.0. The molecule has 5 aromatic carbocycles. The molecule has 2 heterocycles. The Balaban J connectivity index is 1.58. The van der Waals surface area contributed by atoms with Crippen LogP contribution >= 0.6 is 0 Å². The fourth-order valence-electron chi connectivity index (χ4n) is 5.03. The minimum atomic E-state index is 0.280. The molecule has 0 bridgehead atoms. The summed E-state index contributed by atoms with van der Waals surface area (Å²) < 4.78 is 12.5. The van der Waals surface area contributed by atoms with Crippen molar-refractivity contribution in [1.82, 2.24) is 0 Å². The molecule has 5 aromatic rings. The van der Waals surface area contributed by atoms with E-state index in [2.05, 4.69) is 20.7 Å². The average molecular weight is 491 g/mol. The quantitative estimate of drug-likeness (QED) is 0.226. The third-order valence-corrected chi connectivity index (χ3v) is 6.68. The molecule has 0 spiro atoms. The van der Waals surface area contributed by atoms with Gasteiger partial charge in [-0.1, -0.05) is 48.5 Å². The maximum absolute atomic E-state index is 10.0. The minimum Gasteiger partial charge on any atom is -0.453 e. The van der Waals surface area contributed by atoms with E-state index in [1.165, 1.54) is 0 Å². The van der Waals surface area contributed by atoms with E-state index in [1.807, 2.05) is 97.1 Å². The monoisotopic (exact) mass is 490 g/mol. The van der Waals surface area contributed by atoms with Gasteiger partial charge in [0, 0.05) is 0 Å². The number of fused-ring (bicyclic) bond motifs is 4. The van der Waals surface area contributed by atoms with Gasteiger partial charge in [-0.3, -0.25) is 0 Å². The van der Waals surface area contributed by atoms with Crippen molar-refractivity contribution in [2.24, 2.45) is 0 Å². The summed E-state index contributed by atoms with van der Waals surface area (Å²) in [6.45, 7) is 7.83. The van der Waals surface area contributed by atoms with E-state index in [9.17, 15) is 5.26 Å². The van der Waals surface area contributed by atoms with Gasteiger partial charge in [-0.25, -0.2) is 4.85 Å². The van der Waals surface area contributed by atoms with Crippen LogP contribution in [0.5, 0.6) is 23.0 Å². The average Bonchev–Trinajstić information content (AvgIpc) is 2.98. The third-order valence-electron chi connectivity index (χ3n) is 6.68. The highest BCUT2D eigenvalue weighted by Crippen LogP contribution is 2.57. The molecule has 2 aliphatic rings. The molecule has 38 heavy (non-hydrogen) atoms. The zero-order valence-electron chi connectivity index (χ0n) is 20.0. The minimum absolute atomic E-state index is 0.280. The molecule has 0 saturated heterocycles. The first-order valence-electron chi connectivity index (χ1n) is 12.0. The molecule has 0 atom stereocenters. The van der Waals surface area contributed by atoms with E-state index >= 15 is 0 Å². The van der Waals surface area contributed by atoms with Crippen LogP contribution in [0.3, 0.4) is 0 Å². The fraction of sp³-hybridized carbons (Fsp3) is 0. The van der Waals surface area contributed by atoms with Gasteiger partial charge in [-0.2, -0.15) is 5.26 Å². The molecule has 0 fully saturated rings. The SMILES string of the molecule is [C-]#[N+]c1cc(N2c3ccccc3Oc3ccccc32)c(N2c3ccccc3Oc3ccccc32)cc1C#N. The van der Waals surface area contributed by atoms with Crippen molar-refractivity contribution in [2.45, 2.75) is 0 Å². The second-order valence-corrected chi connectivity index (χ2v) is 8.83. The molecule has 7 rings (SSSR count). The van der Waals surface area contributed by atoms with Gasteiger partial charge < -0.3 is 19.3 Å². The van der Waals surface area contributed by atoms with Crippen LogP contribution in [0.2, 0.25) is 0 Å². The number of rotatable bonds is 2. The lowest BCUT2D eigenvalue weighted by Crippen LogP contribution is -2.21. The van der Waals surface area contributed by atoms with Gasteiger partial charge in [0.15, 0.2) is 23.0 Å². The number of hydrogen-bond donors (Lipinski definition) is 0. The molecule has 2 aliphatic heterocycles. The standard InChI is InChI=1S/C32H18N4O2/c1-34-22-19-28(36-25-12-4-8-16-31(25)38-32-17-9-5-13-26(32)36)27(18-21(22)20-33)35-23-10-2-6-14-29(23)37-30-15-7-3-11-24(30)35/h2-19H. The van der Waals surface area contributed by atoms with Crippen molar-refractivity contribution in [3.63, 3.8) is 0 Å². The number of anilines is 6.